The zero-order valence-electron chi connectivity index (χ0n) is 11.5. The zero-order valence-corrected chi connectivity index (χ0v) is 11.5. The fourth-order valence-corrected chi connectivity index (χ4v) is 1.71. The summed E-state index contributed by atoms with van der Waals surface area (Å²) in [4.78, 5) is 17.8. The molecule has 0 fully saturated rings. The third-order valence-electron chi connectivity index (χ3n) is 2.77. The third-order valence-corrected chi connectivity index (χ3v) is 2.77. The Kier molecular flexibility index (Phi) is 5.42. The average Bonchev–Trinajstić information content (AvgIpc) is 2.38. The lowest BCUT2D eigenvalue weighted by Gasteiger charge is -2.19. The normalized spacial score (nSPS) is 10.0. The van der Waals surface area contributed by atoms with Crippen LogP contribution in [0.15, 0.2) is 12.3 Å². The molecule has 1 heterocycles. The van der Waals surface area contributed by atoms with Crippen molar-refractivity contribution >= 4 is 11.6 Å². The Morgan fingerprint density at radius 1 is 1.44 bits per heavy atom. The zero-order chi connectivity index (χ0) is 13.5. The van der Waals surface area contributed by atoms with E-state index in [0.717, 1.165) is 24.5 Å². The first-order chi connectivity index (χ1) is 8.62. The predicted octanol–water partition coefficient (Wildman–Crippen LogP) is 1.68. The number of likely N-dealkylation sites (N-methyl/N-ethyl adjacent to an activating group) is 1. The van der Waals surface area contributed by atoms with Gasteiger partial charge in [-0.2, -0.15) is 0 Å². The van der Waals surface area contributed by atoms with Crippen molar-refractivity contribution in [3.63, 3.8) is 0 Å². The van der Waals surface area contributed by atoms with Crippen molar-refractivity contribution in [2.45, 2.75) is 20.8 Å². The highest BCUT2D eigenvalue weighted by molar-refractivity contribution is 5.81. The molecule has 0 aliphatic rings. The van der Waals surface area contributed by atoms with Crippen LogP contribution in [-0.2, 0) is 4.79 Å². The second kappa shape index (κ2) is 6.83. The number of hydrogen-bond acceptors (Lipinski definition) is 4. The van der Waals surface area contributed by atoms with E-state index in [1.165, 1.54) is 0 Å². The van der Waals surface area contributed by atoms with Gasteiger partial charge in [0.1, 0.15) is 0 Å². The third kappa shape index (κ3) is 3.61. The SMILES string of the molecule is CCN(CC)C(=O)CNc1cc(C)ncc1OC. The summed E-state index contributed by atoms with van der Waals surface area (Å²) in [5.41, 5.74) is 1.68. The summed E-state index contributed by atoms with van der Waals surface area (Å²) in [6.07, 6.45) is 1.65. The van der Waals surface area contributed by atoms with E-state index in [9.17, 15) is 4.79 Å². The number of carbonyl (C=O) groups excluding carboxylic acids is 1. The van der Waals surface area contributed by atoms with E-state index in [4.69, 9.17) is 4.74 Å². The molecule has 0 aliphatic carbocycles. The Hall–Kier alpha value is -1.78. The molecule has 0 atom stereocenters. The van der Waals surface area contributed by atoms with E-state index < -0.39 is 0 Å². The number of pyridine rings is 1. The highest BCUT2D eigenvalue weighted by Crippen LogP contribution is 2.23. The molecule has 1 aromatic rings. The number of nitrogens with one attached hydrogen (secondary N) is 1. The van der Waals surface area contributed by atoms with Crippen LogP contribution < -0.4 is 10.1 Å². The van der Waals surface area contributed by atoms with E-state index in [1.54, 1.807) is 18.2 Å². The quantitative estimate of drug-likeness (QED) is 0.835. The largest absolute Gasteiger partial charge is 0.493 e. The molecule has 0 aliphatic heterocycles. The molecule has 100 valence electrons. The van der Waals surface area contributed by atoms with Gasteiger partial charge in [0.05, 0.1) is 25.5 Å². The number of hydrogen-bond donors (Lipinski definition) is 1. The van der Waals surface area contributed by atoms with Gasteiger partial charge in [-0.3, -0.25) is 9.78 Å². The van der Waals surface area contributed by atoms with Crippen LogP contribution in [0, 0.1) is 6.92 Å². The molecular weight excluding hydrogens is 230 g/mol. The van der Waals surface area contributed by atoms with Crippen molar-refractivity contribution in [1.29, 1.82) is 0 Å². The van der Waals surface area contributed by atoms with E-state index >= 15 is 0 Å². The number of amides is 1. The Morgan fingerprint density at radius 3 is 2.67 bits per heavy atom. The van der Waals surface area contributed by atoms with Crippen LogP contribution in [0.25, 0.3) is 0 Å². The van der Waals surface area contributed by atoms with Crippen LogP contribution >= 0.6 is 0 Å². The van der Waals surface area contributed by atoms with Crippen molar-refractivity contribution in [2.24, 2.45) is 0 Å². The Bertz CT molecular complexity index is 403. The highest BCUT2D eigenvalue weighted by atomic mass is 16.5. The maximum absolute atomic E-state index is 11.9. The number of anilines is 1. The molecule has 1 N–H and O–H groups in total. The lowest BCUT2D eigenvalue weighted by molar-refractivity contribution is -0.128. The highest BCUT2D eigenvalue weighted by Gasteiger charge is 2.10. The summed E-state index contributed by atoms with van der Waals surface area (Å²) in [5, 5.41) is 3.10. The summed E-state index contributed by atoms with van der Waals surface area (Å²) in [6.45, 7) is 7.56. The van der Waals surface area contributed by atoms with Crippen molar-refractivity contribution in [3.8, 4) is 5.75 Å². The number of aryl methyl sites for hydroxylation is 1. The maximum Gasteiger partial charge on any atom is 0.241 e. The van der Waals surface area contributed by atoms with Crippen LogP contribution in [0.5, 0.6) is 5.75 Å². The summed E-state index contributed by atoms with van der Waals surface area (Å²) >= 11 is 0. The van der Waals surface area contributed by atoms with Crippen molar-refractivity contribution < 1.29 is 9.53 Å². The van der Waals surface area contributed by atoms with Crippen molar-refractivity contribution in [3.05, 3.63) is 18.0 Å². The second-order valence-electron chi connectivity index (χ2n) is 3.95. The van der Waals surface area contributed by atoms with E-state index in [-0.39, 0.29) is 12.5 Å². The van der Waals surface area contributed by atoms with Crippen LogP contribution in [0.2, 0.25) is 0 Å². The Labute approximate surface area is 108 Å². The fourth-order valence-electron chi connectivity index (χ4n) is 1.71. The van der Waals surface area contributed by atoms with Crippen LogP contribution in [0.4, 0.5) is 5.69 Å². The molecule has 1 amide bonds. The van der Waals surface area contributed by atoms with Gasteiger partial charge < -0.3 is 15.0 Å². The minimum Gasteiger partial charge on any atom is -0.493 e. The predicted molar refractivity (Wildman–Crippen MR) is 71.9 cm³/mol. The van der Waals surface area contributed by atoms with Gasteiger partial charge in [0.25, 0.3) is 0 Å². The summed E-state index contributed by atoms with van der Waals surface area (Å²) in [6, 6.07) is 1.87. The molecule has 0 aromatic carbocycles. The Morgan fingerprint density at radius 2 is 2.11 bits per heavy atom. The van der Waals surface area contributed by atoms with Gasteiger partial charge in [0.15, 0.2) is 5.75 Å². The van der Waals surface area contributed by atoms with Gasteiger partial charge in [-0.15, -0.1) is 0 Å². The molecule has 0 saturated carbocycles. The maximum atomic E-state index is 11.9. The van der Waals surface area contributed by atoms with Gasteiger partial charge in [0, 0.05) is 18.8 Å². The second-order valence-corrected chi connectivity index (χ2v) is 3.95. The number of ether oxygens (including phenoxy) is 1. The first-order valence-corrected chi connectivity index (χ1v) is 6.14. The monoisotopic (exact) mass is 251 g/mol. The molecule has 0 bridgehead atoms. The minimum atomic E-state index is 0.0801. The molecule has 5 heteroatoms. The molecule has 0 saturated heterocycles. The van der Waals surface area contributed by atoms with Gasteiger partial charge >= 0.3 is 0 Å². The number of carbonyl (C=O) groups is 1. The van der Waals surface area contributed by atoms with Gasteiger partial charge in [-0.25, -0.2) is 0 Å². The number of rotatable bonds is 6. The first kappa shape index (κ1) is 14.3. The molecule has 5 nitrogen and oxygen atoms in total. The van der Waals surface area contributed by atoms with Crippen molar-refractivity contribution in [1.82, 2.24) is 9.88 Å². The van der Waals surface area contributed by atoms with E-state index in [2.05, 4.69) is 10.3 Å². The minimum absolute atomic E-state index is 0.0801. The smallest absolute Gasteiger partial charge is 0.241 e. The molecule has 1 rings (SSSR count). The number of nitrogens with zero attached hydrogens (tertiary/aromatic N) is 2. The van der Waals surface area contributed by atoms with E-state index in [0.29, 0.717) is 5.75 Å². The molecule has 0 unspecified atom stereocenters. The van der Waals surface area contributed by atoms with Gasteiger partial charge in [-0.1, -0.05) is 0 Å². The van der Waals surface area contributed by atoms with Crippen molar-refractivity contribution in [2.75, 3.05) is 32.1 Å². The standard InChI is InChI=1S/C13H21N3O2/c1-5-16(6-2)13(17)9-15-11-7-10(3)14-8-12(11)18-4/h7-8H,5-6,9H2,1-4H3,(H,14,15). The average molecular weight is 251 g/mol. The van der Waals surface area contributed by atoms with Gasteiger partial charge in [0.2, 0.25) is 5.91 Å². The van der Waals surface area contributed by atoms with Crippen LogP contribution in [0.1, 0.15) is 19.5 Å². The van der Waals surface area contributed by atoms with Crippen LogP contribution in [0.3, 0.4) is 0 Å². The first-order valence-electron chi connectivity index (χ1n) is 6.14. The van der Waals surface area contributed by atoms with E-state index in [1.807, 2.05) is 26.8 Å². The number of aromatic nitrogens is 1. The lowest BCUT2D eigenvalue weighted by atomic mass is 10.3. The summed E-state index contributed by atoms with van der Waals surface area (Å²) < 4.78 is 5.20. The fraction of sp³-hybridized carbons (Fsp3) is 0.538. The molecular formula is C13H21N3O2. The molecule has 18 heavy (non-hydrogen) atoms. The lowest BCUT2D eigenvalue weighted by Crippen LogP contribution is -2.35. The van der Waals surface area contributed by atoms with Crippen LogP contribution in [-0.4, -0.2) is 42.5 Å². The summed E-state index contributed by atoms with van der Waals surface area (Å²) in [5.74, 6) is 0.726. The molecule has 1 aromatic heterocycles. The topological polar surface area (TPSA) is 54.5 Å². The number of methoxy groups -OCH3 is 1. The Balaban J connectivity index is 2.68. The van der Waals surface area contributed by atoms with Gasteiger partial charge in [-0.05, 0) is 26.8 Å². The molecule has 0 spiro atoms. The molecule has 0 radical (unpaired) electrons. The summed E-state index contributed by atoms with van der Waals surface area (Å²) in [7, 11) is 1.59.